The number of benzene rings is 3. The van der Waals surface area contributed by atoms with Crippen LogP contribution in [0.2, 0.25) is 0 Å². The molecule has 0 unspecified atom stereocenters. The highest BCUT2D eigenvalue weighted by atomic mass is 16.5. The Bertz CT molecular complexity index is 1380. The molecule has 2 aliphatic heterocycles. The molecule has 2 N–H and O–H groups in total. The van der Waals surface area contributed by atoms with E-state index in [0.29, 0.717) is 5.69 Å². The highest BCUT2D eigenvalue weighted by Crippen LogP contribution is 2.45. The molecule has 0 aliphatic carbocycles. The van der Waals surface area contributed by atoms with Crippen molar-refractivity contribution in [1.29, 1.82) is 0 Å². The highest BCUT2D eigenvalue weighted by molar-refractivity contribution is 6.09. The quantitative estimate of drug-likeness (QED) is 0.336. The average Bonchev–Trinajstić information content (AvgIpc) is 3.42. The second-order valence-corrected chi connectivity index (χ2v) is 10.3. The Morgan fingerprint density at radius 2 is 1.48 bits per heavy atom. The van der Waals surface area contributed by atoms with Gasteiger partial charge in [0.25, 0.3) is 0 Å². The number of fused-ring (bicyclic) bond motifs is 1. The number of nitrogens with one attached hydrogen (secondary N) is 2. The number of hydrogen-bond donors (Lipinski definition) is 2. The Morgan fingerprint density at radius 1 is 0.900 bits per heavy atom. The van der Waals surface area contributed by atoms with Crippen LogP contribution in [0.25, 0.3) is 0 Å². The van der Waals surface area contributed by atoms with E-state index in [1.807, 2.05) is 78.9 Å². The summed E-state index contributed by atoms with van der Waals surface area (Å²) in [4.78, 5) is 57.2. The van der Waals surface area contributed by atoms with Gasteiger partial charge in [0, 0.05) is 31.7 Å². The standard InChI is InChI=1S/C31H32N4O5/c1-34(30(39)32-23-16-10-5-11-17-23)20-24-25-26(28(37)35(27(25)36)19-22-14-8-4-9-15-22)31(33-24,29(38)40-2)18-21-12-6-3-7-13-21/h3-17,24-26,33H,18-20H2,1-2H3,(H,32,39)/t24-,25+,26-,31-/m1/s1. The second kappa shape index (κ2) is 11.3. The smallest absolute Gasteiger partial charge is 0.327 e. The fourth-order valence-corrected chi connectivity index (χ4v) is 5.90. The molecule has 5 rings (SSSR count). The number of likely N-dealkylation sites (tertiary alicyclic amines) is 1. The molecule has 2 heterocycles. The number of nitrogens with zero attached hydrogens (tertiary/aromatic N) is 2. The van der Waals surface area contributed by atoms with Crippen LogP contribution in [0.1, 0.15) is 11.1 Å². The largest absolute Gasteiger partial charge is 0.468 e. The van der Waals surface area contributed by atoms with Gasteiger partial charge in [0.2, 0.25) is 11.8 Å². The van der Waals surface area contributed by atoms with E-state index in [1.54, 1.807) is 19.2 Å². The third kappa shape index (κ3) is 5.08. The van der Waals surface area contributed by atoms with Crippen LogP contribution in [0.5, 0.6) is 0 Å². The van der Waals surface area contributed by atoms with Gasteiger partial charge < -0.3 is 15.0 Å². The topological polar surface area (TPSA) is 108 Å². The summed E-state index contributed by atoms with van der Waals surface area (Å²) in [5, 5.41) is 6.17. The number of amides is 4. The van der Waals surface area contributed by atoms with Gasteiger partial charge in [-0.3, -0.25) is 24.6 Å². The van der Waals surface area contributed by atoms with Crippen molar-refractivity contribution in [1.82, 2.24) is 15.1 Å². The predicted molar refractivity (Wildman–Crippen MR) is 149 cm³/mol. The number of imide groups is 1. The van der Waals surface area contributed by atoms with Crippen LogP contribution >= 0.6 is 0 Å². The molecule has 4 amide bonds. The minimum Gasteiger partial charge on any atom is -0.468 e. The molecule has 2 aliphatic rings. The fourth-order valence-electron chi connectivity index (χ4n) is 5.90. The van der Waals surface area contributed by atoms with Gasteiger partial charge in [0.15, 0.2) is 0 Å². The highest BCUT2D eigenvalue weighted by Gasteiger charge is 2.68. The Kier molecular flexibility index (Phi) is 7.66. The molecule has 206 valence electrons. The van der Waals surface area contributed by atoms with Gasteiger partial charge in [-0.15, -0.1) is 0 Å². The monoisotopic (exact) mass is 540 g/mol. The van der Waals surface area contributed by atoms with Gasteiger partial charge in [-0.2, -0.15) is 0 Å². The molecule has 40 heavy (non-hydrogen) atoms. The molecule has 4 atom stereocenters. The summed E-state index contributed by atoms with van der Waals surface area (Å²) < 4.78 is 5.26. The lowest BCUT2D eigenvalue weighted by molar-refractivity contribution is -0.154. The van der Waals surface area contributed by atoms with Crippen LogP contribution in [-0.2, 0) is 32.1 Å². The maximum atomic E-state index is 14.0. The first-order chi connectivity index (χ1) is 19.3. The first-order valence-corrected chi connectivity index (χ1v) is 13.2. The Hall–Kier alpha value is -4.50. The second-order valence-electron chi connectivity index (χ2n) is 10.3. The summed E-state index contributed by atoms with van der Waals surface area (Å²) in [6.07, 6.45) is 0.149. The first kappa shape index (κ1) is 27.1. The van der Waals surface area contributed by atoms with Crippen molar-refractivity contribution >= 4 is 29.5 Å². The van der Waals surface area contributed by atoms with Gasteiger partial charge in [0.05, 0.1) is 25.5 Å². The summed E-state index contributed by atoms with van der Waals surface area (Å²) in [6, 6.07) is 26.6. The summed E-state index contributed by atoms with van der Waals surface area (Å²) in [6.45, 7) is 0.191. The van der Waals surface area contributed by atoms with Crippen LogP contribution in [-0.4, -0.2) is 65.9 Å². The number of methoxy groups -OCH3 is 1. The molecule has 3 aromatic rings. The lowest BCUT2D eigenvalue weighted by atomic mass is 9.76. The normalized spacial score (nSPS) is 23.6. The zero-order valence-corrected chi connectivity index (χ0v) is 22.4. The molecule has 2 fully saturated rings. The molecule has 0 radical (unpaired) electrons. The minimum atomic E-state index is -1.49. The van der Waals surface area contributed by atoms with Crippen LogP contribution < -0.4 is 10.6 Å². The van der Waals surface area contributed by atoms with Crippen molar-refractivity contribution in [3.63, 3.8) is 0 Å². The van der Waals surface area contributed by atoms with Gasteiger partial charge in [-0.25, -0.2) is 4.79 Å². The number of carbonyl (C=O) groups is 4. The fraction of sp³-hybridized carbons (Fsp3) is 0.290. The van der Waals surface area contributed by atoms with Crippen LogP contribution in [0.15, 0.2) is 91.0 Å². The molecule has 3 aromatic carbocycles. The third-order valence-electron chi connectivity index (χ3n) is 7.75. The molecule has 0 bridgehead atoms. The van der Waals surface area contributed by atoms with Crippen LogP contribution in [0.4, 0.5) is 10.5 Å². The molecule has 0 aromatic heterocycles. The molecule has 2 saturated heterocycles. The van der Waals surface area contributed by atoms with E-state index in [2.05, 4.69) is 10.6 Å². The minimum absolute atomic E-state index is 0.0889. The lowest BCUT2D eigenvalue weighted by Crippen LogP contribution is -2.59. The van der Waals surface area contributed by atoms with Crippen molar-refractivity contribution < 1.29 is 23.9 Å². The van der Waals surface area contributed by atoms with Gasteiger partial charge in [-0.1, -0.05) is 78.9 Å². The summed E-state index contributed by atoms with van der Waals surface area (Å²) in [5.41, 5.74) is 0.766. The zero-order valence-electron chi connectivity index (χ0n) is 22.4. The Balaban J connectivity index is 1.49. The molecule has 0 saturated carbocycles. The number of esters is 1. The summed E-state index contributed by atoms with van der Waals surface area (Å²) in [5.74, 6) is -3.26. The Labute approximate surface area is 233 Å². The predicted octanol–water partition coefficient (Wildman–Crippen LogP) is 3.08. The van der Waals surface area contributed by atoms with Crippen molar-refractivity contribution in [2.45, 2.75) is 24.5 Å². The van der Waals surface area contributed by atoms with Gasteiger partial charge in [-0.05, 0) is 23.3 Å². The lowest BCUT2D eigenvalue weighted by Gasteiger charge is -2.33. The number of likely N-dealkylation sites (N-methyl/N-ethyl adjacent to an activating group) is 1. The average molecular weight is 541 g/mol. The number of carbonyl (C=O) groups excluding carboxylic acids is 4. The summed E-state index contributed by atoms with van der Waals surface area (Å²) in [7, 11) is 2.90. The van der Waals surface area contributed by atoms with Crippen molar-refractivity contribution in [2.75, 3.05) is 26.0 Å². The van der Waals surface area contributed by atoms with Gasteiger partial charge in [0.1, 0.15) is 5.54 Å². The number of para-hydroxylation sites is 1. The van der Waals surface area contributed by atoms with E-state index < -0.39 is 35.3 Å². The molecule has 0 spiro atoms. The zero-order chi connectivity index (χ0) is 28.3. The van der Waals surface area contributed by atoms with E-state index in [1.165, 1.54) is 16.9 Å². The number of hydrogen-bond acceptors (Lipinski definition) is 6. The maximum absolute atomic E-state index is 14.0. The number of rotatable bonds is 8. The number of ether oxygens (including phenoxy) is 1. The van der Waals surface area contributed by atoms with Crippen LogP contribution in [0, 0.1) is 11.8 Å². The molecule has 9 nitrogen and oxygen atoms in total. The number of anilines is 1. The van der Waals surface area contributed by atoms with E-state index >= 15 is 0 Å². The van der Waals surface area contributed by atoms with Crippen molar-refractivity contribution in [2.24, 2.45) is 11.8 Å². The molecular weight excluding hydrogens is 508 g/mol. The number of urea groups is 1. The Morgan fingerprint density at radius 3 is 2.08 bits per heavy atom. The third-order valence-corrected chi connectivity index (χ3v) is 7.75. The van der Waals surface area contributed by atoms with E-state index in [-0.39, 0.29) is 31.4 Å². The first-order valence-electron chi connectivity index (χ1n) is 13.2. The van der Waals surface area contributed by atoms with E-state index in [0.717, 1.165) is 11.1 Å². The summed E-state index contributed by atoms with van der Waals surface area (Å²) >= 11 is 0. The van der Waals surface area contributed by atoms with E-state index in [9.17, 15) is 19.2 Å². The van der Waals surface area contributed by atoms with Gasteiger partial charge >= 0.3 is 12.0 Å². The van der Waals surface area contributed by atoms with Crippen molar-refractivity contribution in [3.8, 4) is 0 Å². The molecule has 9 heteroatoms. The molecular formula is C31H32N4O5. The van der Waals surface area contributed by atoms with Crippen LogP contribution in [0.3, 0.4) is 0 Å². The van der Waals surface area contributed by atoms with Crippen molar-refractivity contribution in [3.05, 3.63) is 102 Å². The van der Waals surface area contributed by atoms with E-state index in [4.69, 9.17) is 4.74 Å². The maximum Gasteiger partial charge on any atom is 0.327 e. The SMILES string of the molecule is COC(=O)[C@]1(Cc2ccccc2)N[C@H](CN(C)C(=O)Nc2ccccc2)[C@@H]2C(=O)N(Cc3ccccc3)C(=O)[C@@H]21.